The third kappa shape index (κ3) is 2.16. The summed E-state index contributed by atoms with van der Waals surface area (Å²) >= 11 is 7.86. The van der Waals surface area contributed by atoms with E-state index in [2.05, 4.69) is 37.9 Å². The molecule has 1 aromatic rings. The molecule has 0 atom stereocenters. The van der Waals surface area contributed by atoms with Gasteiger partial charge >= 0.3 is 0 Å². The average molecular weight is 284 g/mol. The molecular weight excluding hydrogens is 276 g/mol. The lowest BCUT2D eigenvalue weighted by molar-refractivity contribution is 1.10. The molecule has 1 heterocycles. The van der Waals surface area contributed by atoms with Crippen molar-refractivity contribution in [1.29, 1.82) is 0 Å². The summed E-state index contributed by atoms with van der Waals surface area (Å²) in [5.74, 6) is 0.799. The summed E-state index contributed by atoms with van der Waals surface area (Å²) in [7, 11) is 0. The van der Waals surface area contributed by atoms with Crippen molar-refractivity contribution in [3.63, 3.8) is 0 Å². The van der Waals surface area contributed by atoms with Crippen LogP contribution in [0.2, 0.25) is 5.15 Å². The molecule has 1 N–H and O–H groups in total. The highest BCUT2D eigenvalue weighted by atomic mass is 127. The standard InChI is InChI=1S/C6H7ClIN3/c1-2-9-6-4(8)5(7)10-3-11-6/h3H,2H2,1H3,(H,9,10,11). The minimum Gasteiger partial charge on any atom is -0.369 e. The normalized spacial score (nSPS) is 9.73. The van der Waals surface area contributed by atoms with Crippen LogP contribution >= 0.6 is 34.2 Å². The van der Waals surface area contributed by atoms with E-state index in [0.717, 1.165) is 15.9 Å². The molecule has 0 aromatic carbocycles. The van der Waals surface area contributed by atoms with E-state index in [9.17, 15) is 0 Å². The van der Waals surface area contributed by atoms with Crippen LogP contribution in [0.5, 0.6) is 0 Å². The number of nitrogens with zero attached hydrogens (tertiary/aromatic N) is 2. The number of aromatic nitrogens is 2. The lowest BCUT2D eigenvalue weighted by Gasteiger charge is -2.03. The van der Waals surface area contributed by atoms with Gasteiger partial charge in [0.15, 0.2) is 0 Å². The van der Waals surface area contributed by atoms with Crippen LogP contribution in [0, 0.1) is 3.57 Å². The molecule has 0 unspecified atom stereocenters. The largest absolute Gasteiger partial charge is 0.369 e. The molecule has 60 valence electrons. The van der Waals surface area contributed by atoms with E-state index in [-0.39, 0.29) is 0 Å². The zero-order valence-corrected chi connectivity index (χ0v) is 8.85. The summed E-state index contributed by atoms with van der Waals surface area (Å²) in [6.45, 7) is 2.84. The smallest absolute Gasteiger partial charge is 0.147 e. The summed E-state index contributed by atoms with van der Waals surface area (Å²) in [6, 6.07) is 0. The number of halogens is 2. The van der Waals surface area contributed by atoms with Crippen molar-refractivity contribution in [3.8, 4) is 0 Å². The number of hydrogen-bond acceptors (Lipinski definition) is 3. The molecule has 0 fully saturated rings. The fraction of sp³-hybridized carbons (Fsp3) is 0.333. The Morgan fingerprint density at radius 1 is 1.64 bits per heavy atom. The van der Waals surface area contributed by atoms with Crippen LogP contribution in [-0.4, -0.2) is 16.5 Å². The average Bonchev–Trinajstić information content (AvgIpc) is 1.99. The Hall–Kier alpha value is -0.100. The van der Waals surface area contributed by atoms with Gasteiger partial charge in [-0.05, 0) is 29.5 Å². The third-order valence-electron chi connectivity index (χ3n) is 1.09. The molecule has 0 aliphatic heterocycles. The van der Waals surface area contributed by atoms with E-state index in [1.165, 1.54) is 6.33 Å². The number of rotatable bonds is 2. The molecule has 0 bridgehead atoms. The highest BCUT2D eigenvalue weighted by molar-refractivity contribution is 14.1. The number of nitrogens with one attached hydrogen (secondary N) is 1. The first-order chi connectivity index (χ1) is 5.25. The van der Waals surface area contributed by atoms with Crippen molar-refractivity contribution in [2.24, 2.45) is 0 Å². The van der Waals surface area contributed by atoms with E-state index in [1.807, 2.05) is 6.92 Å². The van der Waals surface area contributed by atoms with Crippen molar-refractivity contribution in [3.05, 3.63) is 15.1 Å². The molecule has 0 amide bonds. The van der Waals surface area contributed by atoms with Crippen molar-refractivity contribution in [1.82, 2.24) is 9.97 Å². The van der Waals surface area contributed by atoms with E-state index in [1.54, 1.807) is 0 Å². The maximum atomic E-state index is 5.75. The topological polar surface area (TPSA) is 37.8 Å². The molecule has 5 heteroatoms. The van der Waals surface area contributed by atoms with Gasteiger partial charge < -0.3 is 5.32 Å². The Morgan fingerprint density at radius 3 is 3.00 bits per heavy atom. The summed E-state index contributed by atoms with van der Waals surface area (Å²) in [5, 5.41) is 3.57. The van der Waals surface area contributed by atoms with Crippen LogP contribution in [0.3, 0.4) is 0 Å². The quantitative estimate of drug-likeness (QED) is 0.668. The van der Waals surface area contributed by atoms with Crippen LogP contribution in [0.15, 0.2) is 6.33 Å². The van der Waals surface area contributed by atoms with Gasteiger partial charge in [0.2, 0.25) is 0 Å². The molecule has 1 rings (SSSR count). The predicted octanol–water partition coefficient (Wildman–Crippen LogP) is 2.17. The van der Waals surface area contributed by atoms with Gasteiger partial charge in [-0.1, -0.05) is 11.6 Å². The van der Waals surface area contributed by atoms with E-state index in [4.69, 9.17) is 11.6 Å². The Balaban J connectivity index is 2.96. The molecule has 0 aliphatic carbocycles. The lowest BCUT2D eigenvalue weighted by atomic mass is 10.5. The Morgan fingerprint density at radius 2 is 2.36 bits per heavy atom. The summed E-state index contributed by atoms with van der Waals surface area (Å²) in [4.78, 5) is 7.84. The molecule has 3 nitrogen and oxygen atoms in total. The first-order valence-electron chi connectivity index (χ1n) is 3.15. The molecule has 0 aliphatic rings. The van der Waals surface area contributed by atoms with Crippen molar-refractivity contribution in [2.75, 3.05) is 11.9 Å². The molecule has 0 spiro atoms. The molecular formula is C6H7ClIN3. The Kier molecular flexibility index (Phi) is 3.32. The van der Waals surface area contributed by atoms with Gasteiger partial charge in [0.05, 0.1) is 3.57 Å². The Labute approximate surface area is 83.7 Å². The van der Waals surface area contributed by atoms with Gasteiger partial charge in [-0.2, -0.15) is 0 Å². The minimum absolute atomic E-state index is 0.497. The van der Waals surface area contributed by atoms with Crippen LogP contribution in [0.25, 0.3) is 0 Å². The van der Waals surface area contributed by atoms with Crippen molar-refractivity contribution in [2.45, 2.75) is 6.92 Å². The van der Waals surface area contributed by atoms with Gasteiger partial charge in [0, 0.05) is 6.54 Å². The number of anilines is 1. The monoisotopic (exact) mass is 283 g/mol. The van der Waals surface area contributed by atoms with Crippen LogP contribution < -0.4 is 5.32 Å². The first kappa shape index (κ1) is 8.99. The summed E-state index contributed by atoms with van der Waals surface area (Å²) in [6.07, 6.45) is 1.45. The highest BCUT2D eigenvalue weighted by Gasteiger charge is 2.03. The van der Waals surface area contributed by atoms with E-state index >= 15 is 0 Å². The zero-order valence-electron chi connectivity index (χ0n) is 5.93. The van der Waals surface area contributed by atoms with Crippen LogP contribution in [0.1, 0.15) is 6.92 Å². The SMILES string of the molecule is CCNc1ncnc(Cl)c1I. The molecule has 0 radical (unpaired) electrons. The number of hydrogen-bond donors (Lipinski definition) is 1. The fourth-order valence-electron chi connectivity index (χ4n) is 0.639. The lowest BCUT2D eigenvalue weighted by Crippen LogP contribution is -2.02. The van der Waals surface area contributed by atoms with Crippen molar-refractivity contribution >= 4 is 40.0 Å². The van der Waals surface area contributed by atoms with Crippen LogP contribution in [-0.2, 0) is 0 Å². The predicted molar refractivity (Wildman–Crippen MR) is 53.9 cm³/mol. The second-order valence-corrected chi connectivity index (χ2v) is 3.29. The Bertz CT molecular complexity index is 254. The van der Waals surface area contributed by atoms with Gasteiger partial charge in [-0.25, -0.2) is 9.97 Å². The van der Waals surface area contributed by atoms with Crippen LogP contribution in [0.4, 0.5) is 5.82 Å². The second kappa shape index (κ2) is 4.06. The summed E-state index contributed by atoms with van der Waals surface area (Å²) in [5.41, 5.74) is 0. The maximum Gasteiger partial charge on any atom is 0.147 e. The van der Waals surface area contributed by atoms with E-state index in [0.29, 0.717) is 5.15 Å². The first-order valence-corrected chi connectivity index (χ1v) is 4.61. The minimum atomic E-state index is 0.497. The molecule has 11 heavy (non-hydrogen) atoms. The fourth-order valence-corrected chi connectivity index (χ4v) is 1.24. The molecule has 1 aromatic heterocycles. The molecule has 0 saturated heterocycles. The molecule has 0 saturated carbocycles. The third-order valence-corrected chi connectivity index (χ3v) is 2.72. The zero-order chi connectivity index (χ0) is 8.27. The summed E-state index contributed by atoms with van der Waals surface area (Å²) < 4.78 is 0.869. The van der Waals surface area contributed by atoms with Gasteiger partial charge in [0.25, 0.3) is 0 Å². The highest BCUT2D eigenvalue weighted by Crippen LogP contribution is 2.20. The second-order valence-electron chi connectivity index (χ2n) is 1.86. The van der Waals surface area contributed by atoms with Gasteiger partial charge in [-0.3, -0.25) is 0 Å². The van der Waals surface area contributed by atoms with E-state index < -0.39 is 0 Å². The maximum absolute atomic E-state index is 5.75. The van der Waals surface area contributed by atoms with Gasteiger partial charge in [-0.15, -0.1) is 0 Å². The van der Waals surface area contributed by atoms with Crippen molar-refractivity contribution < 1.29 is 0 Å². The van der Waals surface area contributed by atoms with Gasteiger partial charge in [0.1, 0.15) is 17.3 Å².